The van der Waals surface area contributed by atoms with Crippen LogP contribution in [0.2, 0.25) is 0 Å². The quantitative estimate of drug-likeness (QED) is 0.545. The van der Waals surface area contributed by atoms with Crippen molar-refractivity contribution in [2.24, 2.45) is 0 Å². The van der Waals surface area contributed by atoms with Crippen molar-refractivity contribution in [3.63, 3.8) is 0 Å². The van der Waals surface area contributed by atoms with E-state index in [0.29, 0.717) is 18.0 Å². The third-order valence-electron chi connectivity index (χ3n) is 4.84. The molecule has 1 aliphatic heterocycles. The molecule has 4 rings (SSSR count). The van der Waals surface area contributed by atoms with Gasteiger partial charge in [0, 0.05) is 25.9 Å². The van der Waals surface area contributed by atoms with E-state index in [-0.39, 0.29) is 48.7 Å². The van der Waals surface area contributed by atoms with Gasteiger partial charge in [0.15, 0.2) is 11.6 Å². The molecule has 1 aliphatic rings. The minimum atomic E-state index is -0.598. The zero-order valence-electron chi connectivity index (χ0n) is 17.4. The predicted molar refractivity (Wildman–Crippen MR) is 122 cm³/mol. The third kappa shape index (κ3) is 5.74. The molecule has 31 heavy (non-hydrogen) atoms. The highest BCUT2D eigenvalue weighted by Crippen LogP contribution is 2.29. The number of hydrogen-bond acceptors (Lipinski definition) is 7. The van der Waals surface area contributed by atoms with E-state index in [1.54, 1.807) is 24.7 Å². The largest absolute Gasteiger partial charge is 0.470 e. The fourth-order valence-corrected chi connectivity index (χ4v) is 3.46. The van der Waals surface area contributed by atoms with Crippen LogP contribution in [0, 0.1) is 5.82 Å². The Morgan fingerprint density at radius 3 is 2.90 bits per heavy atom. The number of ether oxygens (including phenoxy) is 2. The van der Waals surface area contributed by atoms with Gasteiger partial charge in [0.05, 0.1) is 23.9 Å². The van der Waals surface area contributed by atoms with E-state index in [4.69, 9.17) is 9.47 Å². The highest BCUT2D eigenvalue weighted by atomic mass is 35.5. The van der Waals surface area contributed by atoms with Crippen LogP contribution in [0.1, 0.15) is 19.8 Å². The highest BCUT2D eigenvalue weighted by Gasteiger charge is 2.23. The lowest BCUT2D eigenvalue weighted by molar-refractivity contribution is 0.0859. The molecule has 2 atom stereocenters. The average molecular weight is 473 g/mol. The van der Waals surface area contributed by atoms with Crippen LogP contribution in [-0.4, -0.2) is 58.5 Å². The number of hydrogen-bond donors (Lipinski definition) is 2. The number of fused-ring (bicyclic) bond motifs is 1. The molecule has 1 saturated heterocycles. The van der Waals surface area contributed by atoms with E-state index in [9.17, 15) is 0 Å². The Morgan fingerprint density at radius 1 is 1.32 bits per heavy atom. The lowest BCUT2D eigenvalue weighted by Gasteiger charge is -2.25. The van der Waals surface area contributed by atoms with Crippen molar-refractivity contribution in [2.45, 2.75) is 31.9 Å². The summed E-state index contributed by atoms with van der Waals surface area (Å²) in [5.74, 6) is -0.197. The summed E-state index contributed by atoms with van der Waals surface area (Å²) < 4.78 is 27.7. The first-order chi connectivity index (χ1) is 14.2. The van der Waals surface area contributed by atoms with Crippen LogP contribution in [0.5, 0.6) is 5.88 Å². The van der Waals surface area contributed by atoms with Gasteiger partial charge in [-0.05, 0) is 38.4 Å². The summed E-state index contributed by atoms with van der Waals surface area (Å²) in [6.45, 7) is 3.86. The number of nitrogens with zero attached hydrogens (tertiary/aromatic N) is 4. The van der Waals surface area contributed by atoms with Crippen LogP contribution >= 0.6 is 24.8 Å². The SMILES string of the molecule is COC[C@H](C)Oc1nc(-c2cnn3ccccc23)nc(N[C@@H]2CCCNC2)c1F.Cl.Cl. The van der Waals surface area contributed by atoms with Crippen LogP contribution < -0.4 is 15.4 Å². The second-order valence-corrected chi connectivity index (χ2v) is 7.18. The van der Waals surface area contributed by atoms with E-state index >= 15 is 4.39 Å². The molecule has 170 valence electrons. The molecular formula is C20H27Cl2FN6O2. The highest BCUT2D eigenvalue weighted by molar-refractivity contribution is 5.85. The normalized spacial score (nSPS) is 16.8. The number of halogens is 3. The van der Waals surface area contributed by atoms with Crippen LogP contribution in [0.3, 0.4) is 0 Å². The van der Waals surface area contributed by atoms with Crippen molar-refractivity contribution < 1.29 is 13.9 Å². The predicted octanol–water partition coefficient (Wildman–Crippen LogP) is 3.35. The molecule has 0 unspecified atom stereocenters. The summed E-state index contributed by atoms with van der Waals surface area (Å²) in [5, 5.41) is 10.9. The average Bonchev–Trinajstić information content (AvgIpc) is 3.16. The van der Waals surface area contributed by atoms with Crippen LogP contribution in [0.25, 0.3) is 16.9 Å². The maximum absolute atomic E-state index is 15.2. The molecule has 0 spiro atoms. The minimum absolute atomic E-state index is 0. The van der Waals surface area contributed by atoms with Crippen molar-refractivity contribution >= 4 is 36.1 Å². The molecule has 0 aliphatic carbocycles. The van der Waals surface area contributed by atoms with Gasteiger partial charge in [-0.3, -0.25) is 0 Å². The summed E-state index contributed by atoms with van der Waals surface area (Å²) in [4.78, 5) is 8.85. The monoisotopic (exact) mass is 472 g/mol. The first-order valence-corrected chi connectivity index (χ1v) is 9.79. The Balaban J connectivity index is 0.00000171. The van der Waals surface area contributed by atoms with E-state index in [1.165, 1.54) is 0 Å². The van der Waals surface area contributed by atoms with Crippen molar-refractivity contribution in [2.75, 3.05) is 32.1 Å². The summed E-state index contributed by atoms with van der Waals surface area (Å²) in [7, 11) is 1.57. The minimum Gasteiger partial charge on any atom is -0.470 e. The molecule has 1 fully saturated rings. The van der Waals surface area contributed by atoms with Gasteiger partial charge in [-0.15, -0.1) is 24.8 Å². The smallest absolute Gasteiger partial charge is 0.256 e. The molecule has 3 aromatic heterocycles. The van der Waals surface area contributed by atoms with Gasteiger partial charge in [0.2, 0.25) is 5.82 Å². The van der Waals surface area contributed by atoms with Gasteiger partial charge < -0.3 is 20.1 Å². The van der Waals surface area contributed by atoms with Gasteiger partial charge >= 0.3 is 0 Å². The molecule has 0 aromatic carbocycles. The Kier molecular flexibility index (Phi) is 9.24. The van der Waals surface area contributed by atoms with Crippen LogP contribution in [0.4, 0.5) is 10.2 Å². The zero-order valence-corrected chi connectivity index (χ0v) is 19.0. The molecule has 8 nitrogen and oxygen atoms in total. The number of methoxy groups -OCH3 is 1. The lowest BCUT2D eigenvalue weighted by Crippen LogP contribution is -2.39. The summed E-state index contributed by atoms with van der Waals surface area (Å²) in [6, 6.07) is 5.81. The molecule has 3 aromatic rings. The van der Waals surface area contributed by atoms with Crippen molar-refractivity contribution in [3.8, 4) is 17.3 Å². The number of rotatable bonds is 7. The van der Waals surface area contributed by atoms with E-state index in [2.05, 4.69) is 25.7 Å². The molecular weight excluding hydrogens is 446 g/mol. The summed E-state index contributed by atoms with van der Waals surface area (Å²) >= 11 is 0. The Hall–Kier alpha value is -2.20. The standard InChI is InChI=1S/C20H25FN6O2.2ClH/c1-13(12-28-2)29-20-17(21)19(24-14-6-5-8-22-10-14)25-18(26-20)15-11-23-27-9-4-3-7-16(15)27;;/h3-4,7,9,11,13-14,22H,5-6,8,10,12H2,1-2H3,(H,24,25,26);2*1H/t13-,14+;;/m0../s1. The fraction of sp³-hybridized carbons (Fsp3) is 0.450. The third-order valence-corrected chi connectivity index (χ3v) is 4.84. The molecule has 0 radical (unpaired) electrons. The Labute approximate surface area is 192 Å². The number of pyridine rings is 1. The van der Waals surface area contributed by atoms with Crippen molar-refractivity contribution in [3.05, 3.63) is 36.4 Å². The van der Waals surface area contributed by atoms with Gasteiger partial charge in [-0.1, -0.05) is 6.07 Å². The number of piperidine rings is 1. The second kappa shape index (κ2) is 11.4. The second-order valence-electron chi connectivity index (χ2n) is 7.18. The first kappa shape index (κ1) is 25.1. The first-order valence-electron chi connectivity index (χ1n) is 9.79. The number of aromatic nitrogens is 4. The molecule has 0 bridgehead atoms. The maximum Gasteiger partial charge on any atom is 0.256 e. The number of anilines is 1. The molecule has 0 amide bonds. The molecule has 11 heteroatoms. The maximum atomic E-state index is 15.2. The van der Waals surface area contributed by atoms with Crippen molar-refractivity contribution in [1.29, 1.82) is 0 Å². The summed E-state index contributed by atoms with van der Waals surface area (Å²) in [6.07, 6.45) is 5.13. The van der Waals surface area contributed by atoms with Crippen molar-refractivity contribution in [1.82, 2.24) is 24.9 Å². The van der Waals surface area contributed by atoms with Gasteiger partial charge in [-0.2, -0.15) is 14.5 Å². The zero-order chi connectivity index (χ0) is 20.2. The van der Waals surface area contributed by atoms with E-state index < -0.39 is 5.82 Å². The van der Waals surface area contributed by atoms with Gasteiger partial charge in [-0.25, -0.2) is 9.50 Å². The molecule has 0 saturated carbocycles. The van der Waals surface area contributed by atoms with Crippen LogP contribution in [0.15, 0.2) is 30.6 Å². The van der Waals surface area contributed by atoms with E-state index in [1.807, 2.05) is 24.4 Å². The van der Waals surface area contributed by atoms with Gasteiger partial charge in [0.1, 0.15) is 6.10 Å². The van der Waals surface area contributed by atoms with Crippen LogP contribution in [-0.2, 0) is 4.74 Å². The fourth-order valence-electron chi connectivity index (χ4n) is 3.46. The molecule has 4 heterocycles. The Bertz CT molecular complexity index is 983. The Morgan fingerprint density at radius 2 is 2.16 bits per heavy atom. The summed E-state index contributed by atoms with van der Waals surface area (Å²) in [5.41, 5.74) is 1.54. The van der Waals surface area contributed by atoms with Gasteiger partial charge in [0.25, 0.3) is 5.88 Å². The topological polar surface area (TPSA) is 85.6 Å². The van der Waals surface area contributed by atoms with E-state index in [0.717, 1.165) is 31.4 Å². The number of nitrogens with one attached hydrogen (secondary N) is 2. The lowest BCUT2D eigenvalue weighted by atomic mass is 10.1. The molecule has 2 N–H and O–H groups in total.